The van der Waals surface area contributed by atoms with E-state index in [-0.39, 0.29) is 35.2 Å². The van der Waals surface area contributed by atoms with E-state index in [0.29, 0.717) is 36.0 Å². The minimum atomic E-state index is -4.80. The lowest BCUT2D eigenvalue weighted by atomic mass is 9.65. The number of hydrogen-bond acceptors (Lipinski definition) is 6. The van der Waals surface area contributed by atoms with Crippen molar-refractivity contribution in [2.45, 2.75) is 23.9 Å². The van der Waals surface area contributed by atoms with Crippen LogP contribution in [0, 0.1) is 22.5 Å². The highest BCUT2D eigenvalue weighted by atomic mass is 32.2. The van der Waals surface area contributed by atoms with E-state index < -0.39 is 23.0 Å². The van der Waals surface area contributed by atoms with Crippen molar-refractivity contribution in [3.8, 4) is 0 Å². The topological polar surface area (TPSA) is 69.1 Å². The monoisotopic (exact) mass is 570 g/mol. The fraction of sp³-hybridized carbons (Fsp3) is 0.207. The molecule has 2 aliphatic rings. The molecule has 1 fully saturated rings. The summed E-state index contributed by atoms with van der Waals surface area (Å²) in [5.74, 6) is -1.99. The van der Waals surface area contributed by atoms with Crippen molar-refractivity contribution in [2.75, 3.05) is 18.4 Å². The first-order chi connectivity index (χ1) is 19.1. The van der Waals surface area contributed by atoms with Gasteiger partial charge in [-0.15, -0.1) is 0 Å². The zero-order valence-electron chi connectivity index (χ0n) is 20.9. The predicted octanol–water partition coefficient (Wildman–Crippen LogP) is 7.31. The molecular formula is C29H23F5N4OS. The second kappa shape index (κ2) is 11.0. The maximum absolute atomic E-state index is 14.3. The summed E-state index contributed by atoms with van der Waals surface area (Å²) in [7, 11) is 0. The molecule has 2 aromatic carbocycles. The quantitative estimate of drug-likeness (QED) is 0.135. The Morgan fingerprint density at radius 3 is 2.52 bits per heavy atom. The highest BCUT2D eigenvalue weighted by Crippen LogP contribution is 2.48. The molecule has 0 spiro atoms. The van der Waals surface area contributed by atoms with Gasteiger partial charge in [0.05, 0.1) is 11.0 Å². The first-order valence-electron chi connectivity index (χ1n) is 12.3. The summed E-state index contributed by atoms with van der Waals surface area (Å²) in [4.78, 5) is 18.6. The molecule has 3 aromatic rings. The highest BCUT2D eigenvalue weighted by molar-refractivity contribution is 7.97. The van der Waals surface area contributed by atoms with Crippen LogP contribution in [0.25, 0.3) is 0 Å². The summed E-state index contributed by atoms with van der Waals surface area (Å²) in [5, 5.41) is 11.3. The number of Topliss-reactive ketones (excluding diaryl/α,β-unsaturated/α-hetero) is 1. The minimum absolute atomic E-state index is 0.166. The molecule has 206 valence electrons. The summed E-state index contributed by atoms with van der Waals surface area (Å²) in [6, 6.07) is 13.6. The number of aromatic nitrogens is 1. The van der Waals surface area contributed by atoms with Crippen molar-refractivity contribution in [3.63, 3.8) is 0 Å². The van der Waals surface area contributed by atoms with Crippen LogP contribution in [0.4, 0.5) is 27.6 Å². The van der Waals surface area contributed by atoms with E-state index in [1.165, 1.54) is 30.6 Å². The second-order valence-electron chi connectivity index (χ2n) is 9.53. The van der Waals surface area contributed by atoms with Crippen molar-refractivity contribution < 1.29 is 26.7 Å². The molecule has 5 nitrogen and oxygen atoms in total. The van der Waals surface area contributed by atoms with Gasteiger partial charge >= 0.3 is 6.18 Å². The summed E-state index contributed by atoms with van der Waals surface area (Å²) < 4.78 is 68.6. The number of anilines is 1. The van der Waals surface area contributed by atoms with Gasteiger partial charge in [-0.2, -0.15) is 13.2 Å². The van der Waals surface area contributed by atoms with E-state index in [2.05, 4.69) is 10.3 Å². The molecule has 1 aliphatic carbocycles. The van der Waals surface area contributed by atoms with E-state index in [1.54, 1.807) is 30.3 Å². The van der Waals surface area contributed by atoms with Crippen LogP contribution in [0.3, 0.4) is 0 Å². The molecule has 0 radical (unpaired) electrons. The molecule has 1 aliphatic heterocycles. The zero-order valence-corrected chi connectivity index (χ0v) is 21.8. The maximum atomic E-state index is 14.3. The first kappa shape index (κ1) is 27.7. The van der Waals surface area contributed by atoms with Crippen LogP contribution in [0.1, 0.15) is 28.9 Å². The Bertz CT molecular complexity index is 1510. The number of nitrogens with one attached hydrogen (secondary N) is 2. The average molecular weight is 571 g/mol. The van der Waals surface area contributed by atoms with Crippen molar-refractivity contribution >= 4 is 29.6 Å². The van der Waals surface area contributed by atoms with E-state index >= 15 is 0 Å². The van der Waals surface area contributed by atoms with Gasteiger partial charge in [0.2, 0.25) is 0 Å². The fourth-order valence-corrected chi connectivity index (χ4v) is 6.07. The van der Waals surface area contributed by atoms with E-state index in [0.717, 1.165) is 23.6 Å². The Morgan fingerprint density at radius 2 is 1.88 bits per heavy atom. The molecule has 1 saturated heterocycles. The molecule has 40 heavy (non-hydrogen) atoms. The van der Waals surface area contributed by atoms with Crippen LogP contribution in [0.15, 0.2) is 94.7 Å². The second-order valence-corrected chi connectivity index (χ2v) is 10.7. The Hall–Kier alpha value is -3.83. The molecule has 1 aromatic heterocycles. The third-order valence-electron chi connectivity index (χ3n) is 6.96. The largest absolute Gasteiger partial charge is 0.419 e. The molecule has 0 saturated carbocycles. The number of fused-ring (bicyclic) bond motifs is 1. The third kappa shape index (κ3) is 5.57. The first-order valence-corrected chi connectivity index (χ1v) is 13.1. The van der Waals surface area contributed by atoms with Crippen LogP contribution in [-0.4, -0.2) is 34.4 Å². The number of carbonyl (C=O) groups is 1. The van der Waals surface area contributed by atoms with Crippen LogP contribution in [0.5, 0.6) is 0 Å². The SMILES string of the molecule is N=CC1=C(Nc2ccc(F)cc2)C=C2CCN(Sc3ccc(C(F)(F)F)c(F)c3)CC2(C(=O)c2ccccn2)C1. The summed E-state index contributed by atoms with van der Waals surface area (Å²) in [6.45, 7) is 0.614. The van der Waals surface area contributed by atoms with Gasteiger partial charge in [0.25, 0.3) is 0 Å². The summed E-state index contributed by atoms with van der Waals surface area (Å²) in [5.41, 5.74) is 0.404. The van der Waals surface area contributed by atoms with Crippen LogP contribution >= 0.6 is 11.9 Å². The molecule has 11 heteroatoms. The molecule has 1 unspecified atom stereocenters. The van der Waals surface area contributed by atoms with E-state index in [4.69, 9.17) is 5.41 Å². The van der Waals surface area contributed by atoms with Gasteiger partial charge < -0.3 is 10.7 Å². The molecule has 0 amide bonds. The lowest BCUT2D eigenvalue weighted by Gasteiger charge is -2.45. The van der Waals surface area contributed by atoms with Crippen molar-refractivity contribution in [1.82, 2.24) is 9.29 Å². The van der Waals surface area contributed by atoms with Gasteiger partial charge in [0.15, 0.2) is 5.78 Å². The minimum Gasteiger partial charge on any atom is -0.355 e. The van der Waals surface area contributed by atoms with Crippen molar-refractivity contribution in [1.29, 1.82) is 5.41 Å². The molecule has 2 heterocycles. The van der Waals surface area contributed by atoms with Crippen LogP contribution < -0.4 is 5.32 Å². The van der Waals surface area contributed by atoms with E-state index in [9.17, 15) is 26.7 Å². The summed E-state index contributed by atoms with van der Waals surface area (Å²) >= 11 is 1.08. The normalized spacial score (nSPS) is 19.6. The number of ketones is 1. The maximum Gasteiger partial charge on any atom is 0.419 e. The number of carbonyl (C=O) groups excluding carboxylic acids is 1. The molecule has 1 atom stereocenters. The smallest absolute Gasteiger partial charge is 0.355 e. The standard InChI is InChI=1S/C29H23F5N4OS/c30-20-4-6-21(7-5-20)37-26-13-19-10-12-38(40-22-8-9-23(24(31)14-22)29(32,33)34)17-28(19,15-18(26)16-35)27(39)25-3-1-2-11-36-25/h1-9,11,13-14,16,35,37H,10,12,15,17H2. The number of piperidine rings is 1. The molecule has 0 bridgehead atoms. The Kier molecular flexibility index (Phi) is 7.61. The average Bonchev–Trinajstić information content (AvgIpc) is 2.93. The number of allylic oxidation sites excluding steroid dienone is 2. The van der Waals surface area contributed by atoms with Gasteiger partial charge in [0.1, 0.15) is 17.3 Å². The van der Waals surface area contributed by atoms with Crippen molar-refractivity contribution in [3.05, 3.63) is 113 Å². The van der Waals surface area contributed by atoms with E-state index in [1.807, 2.05) is 10.4 Å². The lowest BCUT2D eigenvalue weighted by Crippen LogP contribution is -2.49. The molecule has 2 N–H and O–H groups in total. The number of benzene rings is 2. The number of rotatable bonds is 7. The Balaban J connectivity index is 1.48. The number of alkyl halides is 3. The van der Waals surface area contributed by atoms with Crippen LogP contribution in [-0.2, 0) is 6.18 Å². The van der Waals surface area contributed by atoms with Gasteiger partial charge in [-0.05, 0) is 91.0 Å². The lowest BCUT2D eigenvalue weighted by molar-refractivity contribution is -0.140. The number of halogens is 5. The van der Waals surface area contributed by atoms with Gasteiger partial charge in [-0.25, -0.2) is 13.1 Å². The molecular weight excluding hydrogens is 547 g/mol. The van der Waals surface area contributed by atoms with Gasteiger partial charge in [-0.3, -0.25) is 9.78 Å². The van der Waals surface area contributed by atoms with Crippen LogP contribution in [0.2, 0.25) is 0 Å². The van der Waals surface area contributed by atoms with Gasteiger partial charge in [-0.1, -0.05) is 11.6 Å². The molecule has 5 rings (SSSR count). The van der Waals surface area contributed by atoms with Crippen molar-refractivity contribution in [2.24, 2.45) is 5.41 Å². The number of hydrogen-bond donors (Lipinski definition) is 2. The third-order valence-corrected chi connectivity index (χ3v) is 7.99. The summed E-state index contributed by atoms with van der Waals surface area (Å²) in [6.07, 6.45) is 0.339. The Morgan fingerprint density at radius 1 is 1.10 bits per heavy atom. The van der Waals surface area contributed by atoms with Gasteiger partial charge in [0, 0.05) is 41.8 Å². The number of nitrogens with zero attached hydrogens (tertiary/aromatic N) is 2. The highest BCUT2D eigenvalue weighted by Gasteiger charge is 2.49. The number of pyridine rings is 1. The Labute approximate surface area is 231 Å². The predicted molar refractivity (Wildman–Crippen MR) is 143 cm³/mol. The zero-order chi connectivity index (χ0) is 28.5. The fourth-order valence-electron chi connectivity index (χ4n) is 5.02.